The van der Waals surface area contributed by atoms with E-state index >= 15 is 0 Å². The van der Waals surface area contributed by atoms with Crippen LogP contribution in [0.25, 0.3) is 0 Å². The molecule has 0 bridgehead atoms. The first-order valence-electron chi connectivity index (χ1n) is 3.62. The van der Waals surface area contributed by atoms with Crippen LogP contribution in [0.5, 0.6) is 0 Å². The molecule has 1 rings (SSSR count). The standard InChI is InChI=1S/C8H10O2S2/c1-2-11-7-5-3-4-6-8(7)12(9)10/h3-6,12H,2H2,1H3. The average Bonchev–Trinajstić information content (AvgIpc) is 2.05. The van der Waals surface area contributed by atoms with Gasteiger partial charge in [-0.15, -0.1) is 11.8 Å². The normalized spacial score (nSPS) is 10.5. The fraction of sp³-hybridized carbons (Fsp3) is 0.250. The SMILES string of the molecule is CCSc1ccccc1[SH](=O)=O. The zero-order valence-electron chi connectivity index (χ0n) is 6.69. The van der Waals surface area contributed by atoms with Crippen LogP contribution >= 0.6 is 11.8 Å². The number of thiol groups is 1. The summed E-state index contributed by atoms with van der Waals surface area (Å²) in [7, 11) is -2.45. The van der Waals surface area contributed by atoms with Crippen molar-refractivity contribution < 1.29 is 8.42 Å². The van der Waals surface area contributed by atoms with E-state index in [9.17, 15) is 8.42 Å². The summed E-state index contributed by atoms with van der Waals surface area (Å²) in [4.78, 5) is 1.27. The van der Waals surface area contributed by atoms with E-state index in [1.807, 2.05) is 19.1 Å². The van der Waals surface area contributed by atoms with Crippen LogP contribution in [0.1, 0.15) is 6.92 Å². The molecule has 0 aromatic heterocycles. The number of hydrogen-bond donors (Lipinski definition) is 1. The summed E-state index contributed by atoms with van der Waals surface area (Å²) in [6, 6.07) is 7.04. The van der Waals surface area contributed by atoms with Crippen LogP contribution in [0.15, 0.2) is 34.1 Å². The van der Waals surface area contributed by atoms with Gasteiger partial charge in [-0.2, -0.15) is 0 Å². The summed E-state index contributed by atoms with van der Waals surface area (Å²) >= 11 is 1.55. The Morgan fingerprint density at radius 2 is 2.00 bits per heavy atom. The fourth-order valence-corrected chi connectivity index (χ4v) is 2.47. The van der Waals surface area contributed by atoms with E-state index in [2.05, 4.69) is 0 Å². The van der Waals surface area contributed by atoms with Crippen molar-refractivity contribution in [3.63, 3.8) is 0 Å². The van der Waals surface area contributed by atoms with E-state index in [-0.39, 0.29) is 0 Å². The Bertz CT molecular complexity index is 324. The van der Waals surface area contributed by atoms with Crippen molar-refractivity contribution in [1.29, 1.82) is 0 Å². The quantitative estimate of drug-likeness (QED) is 0.599. The highest BCUT2D eigenvalue weighted by molar-refractivity contribution is 7.99. The number of hydrogen-bond acceptors (Lipinski definition) is 3. The summed E-state index contributed by atoms with van der Waals surface area (Å²) in [6.07, 6.45) is 0. The molecule has 0 saturated carbocycles. The summed E-state index contributed by atoms with van der Waals surface area (Å²) in [5.41, 5.74) is 0. The molecule has 0 heterocycles. The highest BCUT2D eigenvalue weighted by atomic mass is 32.2. The third-order valence-corrected chi connectivity index (χ3v) is 3.25. The molecule has 0 spiro atoms. The lowest BCUT2D eigenvalue weighted by Gasteiger charge is -2.00. The minimum atomic E-state index is -2.45. The highest BCUT2D eigenvalue weighted by Gasteiger charge is 2.01. The van der Waals surface area contributed by atoms with E-state index in [1.165, 1.54) is 0 Å². The van der Waals surface area contributed by atoms with Crippen LogP contribution in [0.4, 0.5) is 0 Å². The second-order valence-electron chi connectivity index (χ2n) is 2.16. The lowest BCUT2D eigenvalue weighted by molar-refractivity contribution is 0.613. The van der Waals surface area contributed by atoms with Crippen molar-refractivity contribution in [2.24, 2.45) is 0 Å². The van der Waals surface area contributed by atoms with Gasteiger partial charge in [0.05, 0.1) is 4.90 Å². The molecular formula is C8H10O2S2. The minimum Gasteiger partial charge on any atom is -0.227 e. The third-order valence-electron chi connectivity index (χ3n) is 1.36. The number of benzene rings is 1. The molecular weight excluding hydrogens is 192 g/mol. The topological polar surface area (TPSA) is 34.1 Å². The van der Waals surface area contributed by atoms with Crippen LogP contribution < -0.4 is 0 Å². The molecule has 2 nitrogen and oxygen atoms in total. The van der Waals surface area contributed by atoms with E-state index in [0.29, 0.717) is 4.90 Å². The molecule has 0 aliphatic rings. The van der Waals surface area contributed by atoms with Crippen molar-refractivity contribution in [3.05, 3.63) is 24.3 Å². The van der Waals surface area contributed by atoms with Gasteiger partial charge < -0.3 is 0 Å². The Morgan fingerprint density at radius 3 is 2.58 bits per heavy atom. The predicted molar refractivity (Wildman–Crippen MR) is 51.4 cm³/mol. The molecule has 4 heteroatoms. The van der Waals surface area contributed by atoms with Gasteiger partial charge in [0, 0.05) is 4.90 Å². The zero-order chi connectivity index (χ0) is 8.97. The molecule has 0 amide bonds. The summed E-state index contributed by atoms with van der Waals surface area (Å²) in [6.45, 7) is 2.00. The summed E-state index contributed by atoms with van der Waals surface area (Å²) < 4.78 is 21.4. The molecule has 1 aromatic carbocycles. The van der Waals surface area contributed by atoms with Gasteiger partial charge in [-0.05, 0) is 17.9 Å². The average molecular weight is 202 g/mol. The number of rotatable bonds is 3. The lowest BCUT2D eigenvalue weighted by Crippen LogP contribution is -1.84. The minimum absolute atomic E-state index is 0.430. The van der Waals surface area contributed by atoms with Crippen molar-refractivity contribution in [2.75, 3.05) is 5.75 Å². The smallest absolute Gasteiger partial charge is 0.169 e. The van der Waals surface area contributed by atoms with Crippen molar-refractivity contribution in [2.45, 2.75) is 16.7 Å². The molecule has 0 fully saturated rings. The Hall–Kier alpha value is -0.480. The molecule has 0 aliphatic carbocycles. The largest absolute Gasteiger partial charge is 0.227 e. The maximum absolute atomic E-state index is 10.7. The molecule has 0 saturated heterocycles. The molecule has 0 N–H and O–H groups in total. The third kappa shape index (κ3) is 2.25. The maximum atomic E-state index is 10.7. The Balaban J connectivity index is 3.08. The van der Waals surface area contributed by atoms with Crippen LogP contribution in [0.3, 0.4) is 0 Å². The molecule has 0 aliphatic heterocycles. The molecule has 0 atom stereocenters. The lowest BCUT2D eigenvalue weighted by atomic mass is 10.4. The monoisotopic (exact) mass is 202 g/mol. The first-order chi connectivity index (χ1) is 5.75. The van der Waals surface area contributed by atoms with Crippen LogP contribution in [-0.2, 0) is 10.7 Å². The van der Waals surface area contributed by atoms with Gasteiger partial charge in [0.1, 0.15) is 0 Å². The molecule has 0 unspecified atom stereocenters. The predicted octanol–water partition coefficient (Wildman–Crippen LogP) is 1.77. The van der Waals surface area contributed by atoms with E-state index in [4.69, 9.17) is 0 Å². The second-order valence-corrected chi connectivity index (χ2v) is 4.46. The van der Waals surface area contributed by atoms with Crippen molar-refractivity contribution >= 4 is 22.5 Å². The Morgan fingerprint density at radius 1 is 1.33 bits per heavy atom. The Labute approximate surface area is 77.9 Å². The van der Waals surface area contributed by atoms with Gasteiger partial charge in [-0.3, -0.25) is 0 Å². The maximum Gasteiger partial charge on any atom is 0.169 e. The highest BCUT2D eigenvalue weighted by Crippen LogP contribution is 2.22. The van der Waals surface area contributed by atoms with Gasteiger partial charge in [-0.1, -0.05) is 19.1 Å². The van der Waals surface area contributed by atoms with Crippen molar-refractivity contribution in [3.8, 4) is 0 Å². The fourth-order valence-electron chi connectivity index (χ4n) is 0.886. The van der Waals surface area contributed by atoms with Crippen LogP contribution in [0.2, 0.25) is 0 Å². The molecule has 0 radical (unpaired) electrons. The van der Waals surface area contributed by atoms with Crippen molar-refractivity contribution in [1.82, 2.24) is 0 Å². The van der Waals surface area contributed by atoms with E-state index in [1.54, 1.807) is 23.9 Å². The first kappa shape index (κ1) is 9.61. The second kappa shape index (κ2) is 4.52. The Kier molecular flexibility index (Phi) is 3.62. The van der Waals surface area contributed by atoms with Gasteiger partial charge in [-0.25, -0.2) is 8.42 Å². The molecule has 12 heavy (non-hydrogen) atoms. The van der Waals surface area contributed by atoms with Gasteiger partial charge in [0.15, 0.2) is 10.7 Å². The van der Waals surface area contributed by atoms with E-state index < -0.39 is 10.7 Å². The van der Waals surface area contributed by atoms with Crippen LogP contribution in [-0.4, -0.2) is 14.2 Å². The van der Waals surface area contributed by atoms with Gasteiger partial charge in [0.2, 0.25) is 0 Å². The number of thioether (sulfide) groups is 1. The zero-order valence-corrected chi connectivity index (χ0v) is 8.40. The summed E-state index contributed by atoms with van der Waals surface area (Å²) in [5, 5.41) is 0. The summed E-state index contributed by atoms with van der Waals surface area (Å²) in [5.74, 6) is 0.889. The first-order valence-corrected chi connectivity index (χ1v) is 5.78. The van der Waals surface area contributed by atoms with Crippen LogP contribution in [0, 0.1) is 0 Å². The van der Waals surface area contributed by atoms with Gasteiger partial charge >= 0.3 is 0 Å². The van der Waals surface area contributed by atoms with E-state index in [0.717, 1.165) is 10.6 Å². The molecule has 1 aromatic rings. The van der Waals surface area contributed by atoms with Gasteiger partial charge in [0.25, 0.3) is 0 Å². The molecule has 66 valence electrons.